The van der Waals surface area contributed by atoms with E-state index in [1.54, 1.807) is 6.07 Å². The van der Waals surface area contributed by atoms with Crippen molar-refractivity contribution >= 4 is 24.0 Å². The highest BCUT2D eigenvalue weighted by Gasteiger charge is 2.17. The molecule has 0 saturated heterocycles. The molecular formula is C20H24ClFN2O. The molecule has 5 heteroatoms. The lowest BCUT2D eigenvalue weighted by Crippen LogP contribution is -2.25. The van der Waals surface area contributed by atoms with Crippen LogP contribution in [0.4, 0.5) is 10.1 Å². The van der Waals surface area contributed by atoms with E-state index in [0.717, 1.165) is 29.7 Å². The van der Waals surface area contributed by atoms with Crippen molar-refractivity contribution in [1.29, 1.82) is 0 Å². The molecule has 1 heterocycles. The van der Waals surface area contributed by atoms with E-state index in [1.807, 2.05) is 6.07 Å². The molecule has 0 fully saturated rings. The van der Waals surface area contributed by atoms with Gasteiger partial charge in [0.25, 0.3) is 0 Å². The maximum Gasteiger partial charge on any atom is 0.224 e. The van der Waals surface area contributed by atoms with E-state index < -0.39 is 0 Å². The summed E-state index contributed by atoms with van der Waals surface area (Å²) < 4.78 is 14.5. The average molecular weight is 363 g/mol. The predicted octanol–water partition coefficient (Wildman–Crippen LogP) is 4.03. The molecule has 0 atom stereocenters. The van der Waals surface area contributed by atoms with Gasteiger partial charge in [0, 0.05) is 13.0 Å². The van der Waals surface area contributed by atoms with E-state index in [0.29, 0.717) is 31.5 Å². The van der Waals surface area contributed by atoms with Crippen molar-refractivity contribution in [3.8, 4) is 0 Å². The lowest BCUT2D eigenvalue weighted by atomic mass is 9.99. The average Bonchev–Trinajstić information content (AvgIpc) is 2.63. The van der Waals surface area contributed by atoms with E-state index in [2.05, 4.69) is 41.8 Å². The number of amides is 1. The van der Waals surface area contributed by atoms with Gasteiger partial charge >= 0.3 is 0 Å². The summed E-state index contributed by atoms with van der Waals surface area (Å²) in [5.41, 5.74) is 4.41. The highest BCUT2D eigenvalue weighted by atomic mass is 35.5. The minimum absolute atomic E-state index is 0. The Balaban J connectivity index is 0.00000225. The van der Waals surface area contributed by atoms with Gasteiger partial charge in [-0.2, -0.15) is 0 Å². The molecule has 1 aliphatic heterocycles. The van der Waals surface area contributed by atoms with Gasteiger partial charge in [-0.3, -0.25) is 4.79 Å². The molecule has 0 aromatic heterocycles. The molecular weight excluding hydrogens is 339 g/mol. The number of rotatable bonds is 5. The molecule has 25 heavy (non-hydrogen) atoms. The van der Waals surface area contributed by atoms with Gasteiger partial charge in [-0.25, -0.2) is 4.39 Å². The van der Waals surface area contributed by atoms with Crippen LogP contribution in [0.15, 0.2) is 36.4 Å². The quantitative estimate of drug-likeness (QED) is 0.843. The fourth-order valence-electron chi connectivity index (χ4n) is 3.04. The standard InChI is InChI=1S/C20H23FN2O.ClH/c1-2-14-3-5-15(6-4-14)7-10-19(24)23-18-9-8-16-13-22-12-11-17(16)20(18)21;/h3-6,8-9,22H,2,7,10-13H2,1H3,(H,23,24);1H. The number of benzene rings is 2. The van der Waals surface area contributed by atoms with Crippen molar-refractivity contribution in [3.05, 3.63) is 64.5 Å². The second-order valence-electron chi connectivity index (χ2n) is 6.21. The largest absolute Gasteiger partial charge is 0.324 e. The molecule has 0 unspecified atom stereocenters. The molecule has 0 radical (unpaired) electrons. The van der Waals surface area contributed by atoms with E-state index >= 15 is 0 Å². The van der Waals surface area contributed by atoms with Crippen LogP contribution in [0.25, 0.3) is 0 Å². The van der Waals surface area contributed by atoms with E-state index in [1.165, 1.54) is 5.56 Å². The topological polar surface area (TPSA) is 41.1 Å². The van der Waals surface area contributed by atoms with Crippen LogP contribution in [0.1, 0.15) is 35.6 Å². The Bertz CT molecular complexity index is 731. The Morgan fingerprint density at radius 2 is 1.88 bits per heavy atom. The molecule has 3 rings (SSSR count). The first-order valence-corrected chi connectivity index (χ1v) is 8.56. The van der Waals surface area contributed by atoms with E-state index in [9.17, 15) is 9.18 Å². The second-order valence-corrected chi connectivity index (χ2v) is 6.21. The smallest absolute Gasteiger partial charge is 0.224 e. The molecule has 2 N–H and O–H groups in total. The van der Waals surface area contributed by atoms with Crippen molar-refractivity contribution in [2.75, 3.05) is 11.9 Å². The van der Waals surface area contributed by atoms with Gasteiger partial charge in [-0.1, -0.05) is 37.3 Å². The molecule has 134 valence electrons. The summed E-state index contributed by atoms with van der Waals surface area (Å²) in [6, 6.07) is 11.8. The van der Waals surface area contributed by atoms with Gasteiger partial charge in [0.15, 0.2) is 0 Å². The third kappa shape index (κ3) is 4.80. The fourth-order valence-corrected chi connectivity index (χ4v) is 3.04. The van der Waals surface area contributed by atoms with Crippen LogP contribution < -0.4 is 10.6 Å². The van der Waals surface area contributed by atoms with Crippen molar-refractivity contribution in [2.24, 2.45) is 0 Å². The fraction of sp³-hybridized carbons (Fsp3) is 0.350. The zero-order chi connectivity index (χ0) is 16.9. The van der Waals surface area contributed by atoms with Crippen molar-refractivity contribution in [3.63, 3.8) is 0 Å². The van der Waals surface area contributed by atoms with Crippen LogP contribution in [-0.4, -0.2) is 12.5 Å². The van der Waals surface area contributed by atoms with Gasteiger partial charge in [-0.15, -0.1) is 12.4 Å². The van der Waals surface area contributed by atoms with Crippen molar-refractivity contribution < 1.29 is 9.18 Å². The van der Waals surface area contributed by atoms with E-state index in [-0.39, 0.29) is 24.1 Å². The number of carbonyl (C=O) groups excluding carboxylic acids is 1. The van der Waals surface area contributed by atoms with Crippen LogP contribution in [-0.2, 0) is 30.6 Å². The maximum absolute atomic E-state index is 14.5. The first-order chi connectivity index (χ1) is 11.7. The Morgan fingerprint density at radius 3 is 2.60 bits per heavy atom. The Morgan fingerprint density at radius 1 is 1.16 bits per heavy atom. The molecule has 0 saturated carbocycles. The number of halogens is 2. The maximum atomic E-state index is 14.5. The molecule has 0 aliphatic carbocycles. The minimum atomic E-state index is -0.283. The molecule has 0 bridgehead atoms. The molecule has 2 aromatic carbocycles. The second kappa shape index (κ2) is 8.97. The molecule has 3 nitrogen and oxygen atoms in total. The Kier molecular flexibility index (Phi) is 6.97. The monoisotopic (exact) mass is 362 g/mol. The van der Waals surface area contributed by atoms with Gasteiger partial charge in [-0.05, 0) is 54.1 Å². The van der Waals surface area contributed by atoms with Crippen LogP contribution in [0.3, 0.4) is 0 Å². The Hall–Kier alpha value is -1.91. The van der Waals surface area contributed by atoms with Gasteiger partial charge < -0.3 is 10.6 Å². The van der Waals surface area contributed by atoms with Crippen LogP contribution in [0, 0.1) is 5.82 Å². The van der Waals surface area contributed by atoms with Gasteiger partial charge in [0.2, 0.25) is 5.91 Å². The molecule has 2 aromatic rings. The number of fused-ring (bicyclic) bond motifs is 1. The summed E-state index contributed by atoms with van der Waals surface area (Å²) in [5.74, 6) is -0.433. The number of nitrogens with one attached hydrogen (secondary N) is 2. The minimum Gasteiger partial charge on any atom is -0.324 e. The highest BCUT2D eigenvalue weighted by Crippen LogP contribution is 2.24. The number of carbonyl (C=O) groups is 1. The summed E-state index contributed by atoms with van der Waals surface area (Å²) >= 11 is 0. The summed E-state index contributed by atoms with van der Waals surface area (Å²) in [5, 5.41) is 5.94. The molecule has 0 spiro atoms. The highest BCUT2D eigenvalue weighted by molar-refractivity contribution is 5.91. The normalized spacial score (nSPS) is 12.9. The van der Waals surface area contributed by atoms with Gasteiger partial charge in [0.05, 0.1) is 5.69 Å². The molecule has 1 aliphatic rings. The third-order valence-corrected chi connectivity index (χ3v) is 4.55. The summed E-state index contributed by atoms with van der Waals surface area (Å²) in [6.45, 7) is 3.58. The van der Waals surface area contributed by atoms with Crippen molar-refractivity contribution in [2.45, 2.75) is 39.2 Å². The SMILES string of the molecule is CCc1ccc(CCC(=O)Nc2ccc3c(c2F)CCNC3)cc1.Cl. The summed E-state index contributed by atoms with van der Waals surface area (Å²) in [7, 11) is 0. The first-order valence-electron chi connectivity index (χ1n) is 8.56. The predicted molar refractivity (Wildman–Crippen MR) is 102 cm³/mol. The molecule has 1 amide bonds. The number of aryl methyl sites for hydroxylation is 2. The number of anilines is 1. The van der Waals surface area contributed by atoms with E-state index in [4.69, 9.17) is 0 Å². The van der Waals surface area contributed by atoms with Crippen LogP contribution >= 0.6 is 12.4 Å². The van der Waals surface area contributed by atoms with Crippen molar-refractivity contribution in [1.82, 2.24) is 5.32 Å². The first kappa shape index (κ1) is 19.4. The third-order valence-electron chi connectivity index (χ3n) is 4.55. The lowest BCUT2D eigenvalue weighted by Gasteiger charge is -2.19. The zero-order valence-corrected chi connectivity index (χ0v) is 15.2. The lowest BCUT2D eigenvalue weighted by molar-refractivity contribution is -0.116. The number of hydrogen-bond donors (Lipinski definition) is 2. The zero-order valence-electron chi connectivity index (χ0n) is 14.4. The van der Waals surface area contributed by atoms with Crippen LogP contribution in [0.5, 0.6) is 0 Å². The summed E-state index contributed by atoms with van der Waals surface area (Å²) in [6.07, 6.45) is 2.68. The number of hydrogen-bond acceptors (Lipinski definition) is 2. The Labute approximate surface area is 154 Å². The van der Waals surface area contributed by atoms with Gasteiger partial charge in [0.1, 0.15) is 5.82 Å². The van der Waals surface area contributed by atoms with Crippen LogP contribution in [0.2, 0.25) is 0 Å². The summed E-state index contributed by atoms with van der Waals surface area (Å²) in [4.78, 5) is 12.1.